The number of carboxylic acid groups (broad SMARTS) is 1. The second kappa shape index (κ2) is 5.85. The largest absolute Gasteiger partial charge is 0.478 e. The molecule has 0 radical (unpaired) electrons. The summed E-state index contributed by atoms with van der Waals surface area (Å²) in [6, 6.07) is 3.77. The molecular weight excluding hydrogens is 228 g/mol. The smallest absolute Gasteiger partial charge is 0.337 e. The van der Waals surface area contributed by atoms with E-state index in [4.69, 9.17) is 5.11 Å². The summed E-state index contributed by atoms with van der Waals surface area (Å²) in [5.41, 5.74) is 0.835. The highest BCUT2D eigenvalue weighted by molar-refractivity contribution is 5.89. The number of anilines is 1. The molecule has 1 rings (SSSR count). The molecule has 0 amide bonds. The van der Waals surface area contributed by atoms with Gasteiger partial charge in [-0.25, -0.2) is 9.78 Å². The highest BCUT2D eigenvalue weighted by Gasteiger charge is 2.16. The lowest BCUT2D eigenvalue weighted by atomic mass is 10.1. The third kappa shape index (κ3) is 3.45. The van der Waals surface area contributed by atoms with Gasteiger partial charge in [0.15, 0.2) is 0 Å². The second-order valence-corrected chi connectivity index (χ2v) is 5.25. The van der Waals surface area contributed by atoms with E-state index < -0.39 is 5.97 Å². The van der Waals surface area contributed by atoms with Crippen LogP contribution in [0.1, 0.15) is 43.7 Å². The van der Waals surface area contributed by atoms with Crippen LogP contribution in [0.2, 0.25) is 0 Å². The first kappa shape index (κ1) is 14.5. The van der Waals surface area contributed by atoms with E-state index in [1.807, 2.05) is 0 Å². The molecule has 0 spiro atoms. The van der Waals surface area contributed by atoms with Gasteiger partial charge in [0.2, 0.25) is 0 Å². The van der Waals surface area contributed by atoms with Crippen molar-refractivity contribution in [2.45, 2.75) is 40.7 Å². The summed E-state index contributed by atoms with van der Waals surface area (Å²) in [6.07, 6.45) is 0. The molecular formula is C14H22N2O2. The van der Waals surface area contributed by atoms with Crippen molar-refractivity contribution in [1.29, 1.82) is 0 Å². The van der Waals surface area contributed by atoms with Gasteiger partial charge in [-0.15, -0.1) is 0 Å². The molecule has 0 aliphatic carbocycles. The van der Waals surface area contributed by atoms with Crippen LogP contribution >= 0.6 is 0 Å². The fourth-order valence-corrected chi connectivity index (χ4v) is 1.90. The maximum absolute atomic E-state index is 11.0. The SMILES string of the molecule is Cc1nc(N(CC(C)C)C(C)C)ccc1C(=O)O. The lowest BCUT2D eigenvalue weighted by Gasteiger charge is -2.30. The molecule has 0 aliphatic heterocycles. The van der Waals surface area contributed by atoms with E-state index in [-0.39, 0.29) is 5.56 Å². The number of rotatable bonds is 5. The van der Waals surface area contributed by atoms with Gasteiger partial charge < -0.3 is 10.0 Å². The summed E-state index contributed by atoms with van der Waals surface area (Å²) in [4.78, 5) is 17.6. The van der Waals surface area contributed by atoms with Gasteiger partial charge in [0.1, 0.15) is 5.82 Å². The van der Waals surface area contributed by atoms with Crippen molar-refractivity contribution < 1.29 is 9.90 Å². The van der Waals surface area contributed by atoms with Crippen LogP contribution in [0.3, 0.4) is 0 Å². The van der Waals surface area contributed by atoms with Gasteiger partial charge in [-0.2, -0.15) is 0 Å². The van der Waals surface area contributed by atoms with E-state index in [2.05, 4.69) is 37.6 Å². The normalized spacial score (nSPS) is 11.1. The zero-order chi connectivity index (χ0) is 13.9. The molecule has 0 aliphatic rings. The molecule has 0 bridgehead atoms. The molecule has 1 aromatic rings. The molecule has 4 heteroatoms. The molecule has 0 unspecified atom stereocenters. The lowest BCUT2D eigenvalue weighted by Crippen LogP contribution is -2.35. The molecule has 4 nitrogen and oxygen atoms in total. The van der Waals surface area contributed by atoms with Crippen LogP contribution in [0.15, 0.2) is 12.1 Å². The van der Waals surface area contributed by atoms with Crippen molar-refractivity contribution in [3.63, 3.8) is 0 Å². The van der Waals surface area contributed by atoms with E-state index in [9.17, 15) is 4.79 Å². The monoisotopic (exact) mass is 250 g/mol. The van der Waals surface area contributed by atoms with Gasteiger partial charge in [0, 0.05) is 12.6 Å². The maximum Gasteiger partial charge on any atom is 0.337 e. The first-order valence-corrected chi connectivity index (χ1v) is 6.30. The van der Waals surface area contributed by atoms with Crippen LogP contribution in [0.5, 0.6) is 0 Å². The standard InChI is InChI=1S/C14H22N2O2/c1-9(2)8-16(10(3)4)13-7-6-12(14(17)18)11(5)15-13/h6-7,9-10H,8H2,1-5H3,(H,17,18). The quantitative estimate of drug-likeness (QED) is 0.873. The number of aromatic nitrogens is 1. The van der Waals surface area contributed by atoms with Crippen molar-refractivity contribution >= 4 is 11.8 Å². The zero-order valence-corrected chi connectivity index (χ0v) is 11.8. The summed E-state index contributed by atoms with van der Waals surface area (Å²) >= 11 is 0. The summed E-state index contributed by atoms with van der Waals surface area (Å²) in [5.74, 6) is 0.460. The number of hydrogen-bond acceptors (Lipinski definition) is 3. The van der Waals surface area contributed by atoms with E-state index >= 15 is 0 Å². The molecule has 1 aromatic heterocycles. The maximum atomic E-state index is 11.0. The van der Waals surface area contributed by atoms with Gasteiger partial charge in [0.05, 0.1) is 11.3 Å². The van der Waals surface area contributed by atoms with E-state index in [1.165, 1.54) is 0 Å². The predicted octanol–water partition coefficient (Wildman–Crippen LogP) is 2.96. The number of aromatic carboxylic acids is 1. The Labute approximate surface area is 109 Å². The number of aryl methyl sites for hydroxylation is 1. The van der Waals surface area contributed by atoms with Crippen LogP contribution in [0.4, 0.5) is 5.82 Å². The molecule has 0 fully saturated rings. The van der Waals surface area contributed by atoms with Crippen LogP contribution in [0, 0.1) is 12.8 Å². The highest BCUT2D eigenvalue weighted by Crippen LogP contribution is 2.18. The van der Waals surface area contributed by atoms with Gasteiger partial charge in [-0.1, -0.05) is 13.8 Å². The Kier molecular flexibility index (Phi) is 4.70. The minimum atomic E-state index is -0.925. The number of pyridine rings is 1. The van der Waals surface area contributed by atoms with Gasteiger partial charge >= 0.3 is 5.97 Å². The molecule has 0 saturated carbocycles. The van der Waals surface area contributed by atoms with E-state index in [0.717, 1.165) is 12.4 Å². The fraction of sp³-hybridized carbons (Fsp3) is 0.571. The van der Waals surface area contributed by atoms with E-state index in [0.29, 0.717) is 17.7 Å². The molecule has 18 heavy (non-hydrogen) atoms. The molecule has 1 N–H and O–H groups in total. The molecule has 0 aromatic carbocycles. The number of hydrogen-bond donors (Lipinski definition) is 1. The predicted molar refractivity (Wildman–Crippen MR) is 73.3 cm³/mol. The Morgan fingerprint density at radius 2 is 1.94 bits per heavy atom. The first-order valence-electron chi connectivity index (χ1n) is 6.30. The minimum absolute atomic E-state index is 0.270. The number of carboxylic acids is 1. The number of carbonyl (C=O) groups is 1. The van der Waals surface area contributed by atoms with Crippen molar-refractivity contribution in [1.82, 2.24) is 4.98 Å². The molecule has 0 atom stereocenters. The van der Waals surface area contributed by atoms with Crippen molar-refractivity contribution in [3.8, 4) is 0 Å². The molecule has 1 heterocycles. The van der Waals surface area contributed by atoms with Crippen LogP contribution in [-0.4, -0.2) is 28.6 Å². The highest BCUT2D eigenvalue weighted by atomic mass is 16.4. The van der Waals surface area contributed by atoms with E-state index in [1.54, 1.807) is 19.1 Å². The Bertz CT molecular complexity index is 428. The minimum Gasteiger partial charge on any atom is -0.478 e. The van der Waals surface area contributed by atoms with Crippen molar-refractivity contribution in [2.24, 2.45) is 5.92 Å². The van der Waals surface area contributed by atoms with Gasteiger partial charge in [0.25, 0.3) is 0 Å². The Morgan fingerprint density at radius 1 is 1.33 bits per heavy atom. The third-order valence-corrected chi connectivity index (χ3v) is 2.78. The zero-order valence-electron chi connectivity index (χ0n) is 11.8. The van der Waals surface area contributed by atoms with Crippen LogP contribution in [0.25, 0.3) is 0 Å². The lowest BCUT2D eigenvalue weighted by molar-refractivity contribution is 0.0695. The summed E-state index contributed by atoms with van der Waals surface area (Å²) in [7, 11) is 0. The topological polar surface area (TPSA) is 53.4 Å². The number of nitrogens with zero attached hydrogens (tertiary/aromatic N) is 2. The Hall–Kier alpha value is -1.58. The average molecular weight is 250 g/mol. The van der Waals surface area contributed by atoms with Crippen molar-refractivity contribution in [2.75, 3.05) is 11.4 Å². The molecule has 100 valence electrons. The summed E-state index contributed by atoms with van der Waals surface area (Å²) < 4.78 is 0. The second-order valence-electron chi connectivity index (χ2n) is 5.25. The van der Waals surface area contributed by atoms with Crippen molar-refractivity contribution in [3.05, 3.63) is 23.4 Å². The fourth-order valence-electron chi connectivity index (χ4n) is 1.90. The van der Waals surface area contributed by atoms with Crippen LogP contribution < -0.4 is 4.90 Å². The summed E-state index contributed by atoms with van der Waals surface area (Å²) in [5, 5.41) is 9.00. The van der Waals surface area contributed by atoms with Gasteiger partial charge in [-0.05, 0) is 38.8 Å². The molecule has 0 saturated heterocycles. The van der Waals surface area contributed by atoms with Crippen LogP contribution in [-0.2, 0) is 0 Å². The Balaban J connectivity index is 3.07. The average Bonchev–Trinajstić information content (AvgIpc) is 2.24. The third-order valence-electron chi connectivity index (χ3n) is 2.78. The first-order chi connectivity index (χ1) is 8.32. The Morgan fingerprint density at radius 3 is 2.33 bits per heavy atom. The van der Waals surface area contributed by atoms with Gasteiger partial charge in [-0.3, -0.25) is 0 Å². The summed E-state index contributed by atoms with van der Waals surface area (Å²) in [6.45, 7) is 11.2.